The van der Waals surface area contributed by atoms with Gasteiger partial charge in [0.2, 0.25) is 0 Å². The summed E-state index contributed by atoms with van der Waals surface area (Å²) in [5, 5.41) is 0. The molecule has 0 aromatic heterocycles. The van der Waals surface area contributed by atoms with Crippen LogP contribution in [0.25, 0.3) is 0 Å². The van der Waals surface area contributed by atoms with Crippen LogP contribution in [0.3, 0.4) is 0 Å². The first-order valence-corrected chi connectivity index (χ1v) is 6.29. The zero-order chi connectivity index (χ0) is 14.9. The number of rotatable bonds is 3. The third-order valence-electron chi connectivity index (χ3n) is 2.80. The van der Waals surface area contributed by atoms with E-state index in [4.69, 9.17) is 5.84 Å². The van der Waals surface area contributed by atoms with Gasteiger partial charge in [-0.15, -0.1) is 0 Å². The maximum Gasteiger partial charge on any atom is 0.194 e. The lowest BCUT2D eigenvalue weighted by atomic mass is 9.98. The summed E-state index contributed by atoms with van der Waals surface area (Å²) in [5.41, 5.74) is 2.31. The van der Waals surface area contributed by atoms with Crippen molar-refractivity contribution in [2.45, 2.75) is 6.04 Å². The molecule has 2 rings (SSSR count). The van der Waals surface area contributed by atoms with Crippen molar-refractivity contribution in [3.63, 3.8) is 0 Å². The van der Waals surface area contributed by atoms with E-state index in [0.717, 1.165) is 12.1 Å². The van der Waals surface area contributed by atoms with Crippen LogP contribution >= 0.6 is 15.9 Å². The molecule has 0 aliphatic heterocycles. The molecular weight excluding hydrogens is 340 g/mol. The van der Waals surface area contributed by atoms with Crippen LogP contribution in [0.5, 0.6) is 0 Å². The molecule has 106 valence electrons. The van der Waals surface area contributed by atoms with Crippen molar-refractivity contribution in [3.8, 4) is 0 Å². The van der Waals surface area contributed by atoms with Crippen molar-refractivity contribution in [2.24, 2.45) is 5.84 Å². The highest BCUT2D eigenvalue weighted by molar-refractivity contribution is 9.10. The molecule has 0 spiro atoms. The maximum absolute atomic E-state index is 14.0. The first kappa shape index (κ1) is 15.0. The van der Waals surface area contributed by atoms with Gasteiger partial charge < -0.3 is 0 Å². The fraction of sp³-hybridized carbons (Fsp3) is 0.0769. The number of halogens is 5. The highest BCUT2D eigenvalue weighted by Gasteiger charge is 2.21. The Bertz CT molecular complexity index is 625. The van der Waals surface area contributed by atoms with Gasteiger partial charge in [-0.25, -0.2) is 23.0 Å². The minimum atomic E-state index is -1.58. The molecule has 20 heavy (non-hydrogen) atoms. The quantitative estimate of drug-likeness (QED) is 0.385. The SMILES string of the molecule is NNC(c1cc(F)c(F)c(F)c1)c1cccc(Br)c1F. The Morgan fingerprint density at radius 2 is 1.60 bits per heavy atom. The van der Waals surface area contributed by atoms with E-state index in [1.54, 1.807) is 6.07 Å². The molecular formula is C13H9BrF4N2. The summed E-state index contributed by atoms with van der Waals surface area (Å²) >= 11 is 3.00. The number of nitrogens with one attached hydrogen (secondary N) is 1. The van der Waals surface area contributed by atoms with Crippen LogP contribution in [-0.4, -0.2) is 0 Å². The Kier molecular flexibility index (Phi) is 4.42. The summed E-state index contributed by atoms with van der Waals surface area (Å²) in [6, 6.07) is 4.94. The van der Waals surface area contributed by atoms with Crippen LogP contribution in [0, 0.1) is 23.3 Å². The predicted molar refractivity (Wildman–Crippen MR) is 69.6 cm³/mol. The van der Waals surface area contributed by atoms with E-state index in [9.17, 15) is 17.6 Å². The molecule has 0 aliphatic rings. The maximum atomic E-state index is 14.0. The molecule has 1 unspecified atom stereocenters. The Balaban J connectivity index is 2.55. The van der Waals surface area contributed by atoms with Crippen LogP contribution in [0.1, 0.15) is 17.2 Å². The molecule has 3 N–H and O–H groups in total. The zero-order valence-electron chi connectivity index (χ0n) is 9.93. The Morgan fingerprint density at radius 1 is 1.00 bits per heavy atom. The van der Waals surface area contributed by atoms with Crippen molar-refractivity contribution in [1.29, 1.82) is 0 Å². The minimum Gasteiger partial charge on any atom is -0.271 e. The van der Waals surface area contributed by atoms with E-state index in [0.29, 0.717) is 0 Å². The largest absolute Gasteiger partial charge is 0.271 e. The standard InChI is InChI=1S/C13H9BrF4N2/c14-8-3-1-2-7(11(8)17)13(20-19)6-4-9(15)12(18)10(16)5-6/h1-5,13,20H,19H2. The molecule has 0 bridgehead atoms. The van der Waals surface area contributed by atoms with Gasteiger partial charge in [0.25, 0.3) is 0 Å². The minimum absolute atomic E-state index is 0.0269. The van der Waals surface area contributed by atoms with E-state index in [2.05, 4.69) is 21.4 Å². The van der Waals surface area contributed by atoms with Crippen molar-refractivity contribution in [3.05, 3.63) is 69.2 Å². The fourth-order valence-corrected chi connectivity index (χ4v) is 2.23. The third-order valence-corrected chi connectivity index (χ3v) is 3.41. The van der Waals surface area contributed by atoms with Crippen LogP contribution in [0.4, 0.5) is 17.6 Å². The molecule has 2 nitrogen and oxygen atoms in total. The smallest absolute Gasteiger partial charge is 0.194 e. The van der Waals surface area contributed by atoms with E-state index in [1.807, 2.05) is 0 Å². The Labute approximate surface area is 120 Å². The van der Waals surface area contributed by atoms with Crippen LogP contribution in [0.2, 0.25) is 0 Å². The zero-order valence-corrected chi connectivity index (χ0v) is 11.5. The normalized spacial score (nSPS) is 12.5. The first-order valence-electron chi connectivity index (χ1n) is 5.50. The summed E-state index contributed by atoms with van der Waals surface area (Å²) in [6.07, 6.45) is 0. The Morgan fingerprint density at radius 3 is 2.15 bits per heavy atom. The lowest BCUT2D eigenvalue weighted by molar-refractivity contribution is 0.442. The summed E-state index contributed by atoms with van der Waals surface area (Å²) < 4.78 is 53.6. The average molecular weight is 349 g/mol. The third kappa shape index (κ3) is 2.70. The van der Waals surface area contributed by atoms with E-state index in [1.165, 1.54) is 12.1 Å². The van der Waals surface area contributed by atoms with Gasteiger partial charge in [-0.05, 0) is 39.7 Å². The molecule has 0 heterocycles. The number of hydrogen-bond donors (Lipinski definition) is 2. The van der Waals surface area contributed by atoms with Crippen molar-refractivity contribution in [2.75, 3.05) is 0 Å². The van der Waals surface area contributed by atoms with Crippen LogP contribution < -0.4 is 11.3 Å². The highest BCUT2D eigenvalue weighted by atomic mass is 79.9. The molecule has 1 atom stereocenters. The predicted octanol–water partition coefficient (Wildman–Crippen LogP) is 3.56. The molecule has 2 aromatic carbocycles. The second kappa shape index (κ2) is 5.90. The lowest BCUT2D eigenvalue weighted by Crippen LogP contribution is -2.30. The lowest BCUT2D eigenvalue weighted by Gasteiger charge is -2.18. The van der Waals surface area contributed by atoms with E-state index in [-0.39, 0.29) is 15.6 Å². The van der Waals surface area contributed by atoms with Gasteiger partial charge in [0.05, 0.1) is 10.5 Å². The van der Waals surface area contributed by atoms with Crippen LogP contribution in [-0.2, 0) is 0 Å². The molecule has 2 aromatic rings. The summed E-state index contributed by atoms with van der Waals surface area (Å²) in [4.78, 5) is 0. The van der Waals surface area contributed by atoms with E-state index >= 15 is 0 Å². The van der Waals surface area contributed by atoms with Gasteiger partial charge in [-0.3, -0.25) is 5.84 Å². The van der Waals surface area contributed by atoms with Gasteiger partial charge in [0.15, 0.2) is 17.5 Å². The van der Waals surface area contributed by atoms with Gasteiger partial charge in [-0.2, -0.15) is 0 Å². The number of hydrogen-bond acceptors (Lipinski definition) is 2. The summed E-state index contributed by atoms with van der Waals surface area (Å²) in [5.74, 6) is 0.385. The number of hydrazine groups is 1. The Hall–Kier alpha value is -1.44. The molecule has 0 fully saturated rings. The molecule has 0 amide bonds. The van der Waals surface area contributed by atoms with Crippen molar-refractivity contribution >= 4 is 15.9 Å². The molecule has 0 aliphatic carbocycles. The van der Waals surface area contributed by atoms with Crippen molar-refractivity contribution in [1.82, 2.24) is 5.43 Å². The topological polar surface area (TPSA) is 38.0 Å². The van der Waals surface area contributed by atoms with Crippen molar-refractivity contribution < 1.29 is 17.6 Å². The van der Waals surface area contributed by atoms with Crippen LogP contribution in [0.15, 0.2) is 34.8 Å². The molecule has 0 saturated heterocycles. The second-order valence-corrected chi connectivity index (χ2v) is 4.90. The molecule has 0 saturated carbocycles. The van der Waals surface area contributed by atoms with E-state index < -0.39 is 29.3 Å². The second-order valence-electron chi connectivity index (χ2n) is 4.04. The highest BCUT2D eigenvalue weighted by Crippen LogP contribution is 2.29. The number of benzene rings is 2. The fourth-order valence-electron chi connectivity index (χ4n) is 1.85. The first-order chi connectivity index (χ1) is 9.45. The number of nitrogens with two attached hydrogens (primary N) is 1. The molecule has 0 radical (unpaired) electrons. The molecule has 7 heteroatoms. The average Bonchev–Trinajstić information content (AvgIpc) is 2.41. The van der Waals surface area contributed by atoms with Gasteiger partial charge in [0.1, 0.15) is 5.82 Å². The van der Waals surface area contributed by atoms with Gasteiger partial charge in [-0.1, -0.05) is 12.1 Å². The summed E-state index contributed by atoms with van der Waals surface area (Å²) in [7, 11) is 0. The van der Waals surface area contributed by atoms with Gasteiger partial charge in [0, 0.05) is 5.56 Å². The monoisotopic (exact) mass is 348 g/mol. The van der Waals surface area contributed by atoms with Gasteiger partial charge >= 0.3 is 0 Å². The summed E-state index contributed by atoms with van der Waals surface area (Å²) in [6.45, 7) is 0.